The van der Waals surface area contributed by atoms with Gasteiger partial charge in [-0.25, -0.2) is 0 Å². The zero-order chi connectivity index (χ0) is 19.5. The summed E-state index contributed by atoms with van der Waals surface area (Å²) < 4.78 is 1.81. The van der Waals surface area contributed by atoms with E-state index in [1.165, 1.54) is 0 Å². The largest absolute Gasteiger partial charge is 0.397 e. The highest BCUT2D eigenvalue weighted by atomic mass is 16.1. The van der Waals surface area contributed by atoms with E-state index < -0.39 is 0 Å². The Morgan fingerprint density at radius 3 is 2.50 bits per heavy atom. The first-order chi connectivity index (χ1) is 13.7. The van der Waals surface area contributed by atoms with Crippen molar-refractivity contribution >= 4 is 34.0 Å². The number of carbonyl (C=O) groups is 1. The first-order valence-electron chi connectivity index (χ1n) is 8.73. The first-order valence-corrected chi connectivity index (χ1v) is 8.73. The number of carbonyl (C=O) groups excluding carboxylic acids is 1. The number of hydrogen-bond donors (Lipinski definition) is 2. The third kappa shape index (κ3) is 3.29. The molecule has 4 aromatic rings. The maximum atomic E-state index is 12.4. The van der Waals surface area contributed by atoms with Gasteiger partial charge < -0.3 is 15.9 Å². The zero-order valence-electron chi connectivity index (χ0n) is 15.0. The summed E-state index contributed by atoms with van der Waals surface area (Å²) in [6, 6.07) is 22.1. The van der Waals surface area contributed by atoms with Crippen LogP contribution in [0, 0.1) is 6.57 Å². The van der Waals surface area contributed by atoms with Crippen molar-refractivity contribution in [1.82, 2.24) is 9.78 Å². The van der Waals surface area contributed by atoms with E-state index >= 15 is 0 Å². The number of nitrogen functional groups attached to an aromatic ring is 1. The van der Waals surface area contributed by atoms with Crippen LogP contribution >= 0.6 is 0 Å². The van der Waals surface area contributed by atoms with Crippen molar-refractivity contribution in [2.45, 2.75) is 6.54 Å². The average molecular weight is 367 g/mol. The maximum absolute atomic E-state index is 12.4. The maximum Gasteiger partial charge on any atom is 0.303 e. The molecule has 6 heteroatoms. The molecule has 3 aromatic carbocycles. The van der Waals surface area contributed by atoms with E-state index in [2.05, 4.69) is 15.3 Å². The van der Waals surface area contributed by atoms with Gasteiger partial charge in [-0.2, -0.15) is 4.68 Å². The Labute approximate surface area is 162 Å². The highest BCUT2D eigenvalue weighted by Crippen LogP contribution is 2.25. The summed E-state index contributed by atoms with van der Waals surface area (Å²) in [5.41, 5.74) is 9.42. The Balaban J connectivity index is 1.54. The molecule has 1 amide bonds. The fraction of sp³-hybridized carbons (Fsp3) is 0.0455. The number of hydrogen-bond acceptors (Lipinski definition) is 3. The van der Waals surface area contributed by atoms with Crippen LogP contribution in [-0.2, 0) is 6.54 Å². The van der Waals surface area contributed by atoms with Gasteiger partial charge in [-0.3, -0.25) is 4.79 Å². The monoisotopic (exact) mass is 367 g/mol. The van der Waals surface area contributed by atoms with E-state index in [1.54, 1.807) is 24.3 Å². The van der Waals surface area contributed by atoms with Crippen molar-refractivity contribution in [2.75, 3.05) is 11.1 Å². The Morgan fingerprint density at radius 2 is 1.75 bits per heavy atom. The molecule has 0 saturated carbocycles. The minimum absolute atomic E-state index is 0.218. The lowest BCUT2D eigenvalue weighted by molar-refractivity contribution is 0.102. The van der Waals surface area contributed by atoms with Crippen LogP contribution in [0.15, 0.2) is 72.8 Å². The highest BCUT2D eigenvalue weighted by molar-refractivity contribution is 6.05. The molecule has 0 radical (unpaired) electrons. The summed E-state index contributed by atoms with van der Waals surface area (Å²) in [7, 11) is 0. The van der Waals surface area contributed by atoms with E-state index in [1.807, 2.05) is 53.2 Å². The number of amides is 1. The average Bonchev–Trinajstić information content (AvgIpc) is 3.08. The number of para-hydroxylation sites is 3. The summed E-state index contributed by atoms with van der Waals surface area (Å²) in [6.45, 7) is 7.81. The first kappa shape index (κ1) is 17.3. The molecule has 0 spiro atoms. The van der Waals surface area contributed by atoms with Gasteiger partial charge >= 0.3 is 5.82 Å². The fourth-order valence-corrected chi connectivity index (χ4v) is 3.05. The molecule has 28 heavy (non-hydrogen) atoms. The summed E-state index contributed by atoms with van der Waals surface area (Å²) in [5.74, 6) is 0.177. The van der Waals surface area contributed by atoms with Crippen LogP contribution in [0.3, 0.4) is 0 Å². The smallest absolute Gasteiger partial charge is 0.303 e. The normalized spacial score (nSPS) is 10.5. The summed E-state index contributed by atoms with van der Waals surface area (Å²) in [5, 5.41) is 8.05. The molecule has 0 aliphatic carbocycles. The molecule has 1 heterocycles. The van der Waals surface area contributed by atoms with Gasteiger partial charge in [0.1, 0.15) is 0 Å². The van der Waals surface area contributed by atoms with Gasteiger partial charge in [0.15, 0.2) is 0 Å². The molecule has 0 aliphatic rings. The van der Waals surface area contributed by atoms with E-state index in [-0.39, 0.29) is 5.91 Å². The lowest BCUT2D eigenvalue weighted by Gasteiger charge is -2.08. The van der Waals surface area contributed by atoms with E-state index in [0.717, 1.165) is 16.5 Å². The molecule has 0 bridgehead atoms. The zero-order valence-corrected chi connectivity index (χ0v) is 15.0. The Bertz CT molecular complexity index is 1200. The van der Waals surface area contributed by atoms with Crippen molar-refractivity contribution in [1.29, 1.82) is 0 Å². The minimum Gasteiger partial charge on any atom is -0.397 e. The van der Waals surface area contributed by atoms with Gasteiger partial charge in [0.05, 0.1) is 23.4 Å². The third-order valence-corrected chi connectivity index (χ3v) is 4.50. The molecule has 136 valence electrons. The third-order valence-electron chi connectivity index (χ3n) is 4.50. The predicted octanol–water partition coefficient (Wildman–Crippen LogP) is 4.47. The molecule has 0 atom stereocenters. The van der Waals surface area contributed by atoms with Gasteiger partial charge in [0.25, 0.3) is 5.91 Å². The topological polar surface area (TPSA) is 77.3 Å². The Morgan fingerprint density at radius 1 is 1.04 bits per heavy atom. The van der Waals surface area contributed by atoms with E-state index in [9.17, 15) is 4.79 Å². The number of nitrogens with one attached hydrogen (secondary N) is 1. The molecule has 0 saturated heterocycles. The second kappa shape index (κ2) is 7.25. The molecule has 0 aliphatic heterocycles. The minimum atomic E-state index is -0.218. The van der Waals surface area contributed by atoms with Crippen LogP contribution in [-0.4, -0.2) is 15.7 Å². The van der Waals surface area contributed by atoms with Gasteiger partial charge in [-0.15, -0.1) is 0 Å². The predicted molar refractivity (Wildman–Crippen MR) is 110 cm³/mol. The van der Waals surface area contributed by atoms with Crippen LogP contribution in [0.4, 0.5) is 17.2 Å². The van der Waals surface area contributed by atoms with Gasteiger partial charge in [-0.05, 0) is 41.0 Å². The van der Waals surface area contributed by atoms with Crippen LogP contribution < -0.4 is 11.1 Å². The second-order valence-corrected chi connectivity index (χ2v) is 6.35. The SMILES string of the molecule is [C-]#[N+]c1nn(Cc2ccc(C(=O)Nc3ccccc3N)cc2)c2ccccc12. The van der Waals surface area contributed by atoms with Gasteiger partial charge in [0.2, 0.25) is 0 Å². The van der Waals surface area contributed by atoms with E-state index in [0.29, 0.717) is 29.3 Å². The van der Waals surface area contributed by atoms with Crippen molar-refractivity contribution < 1.29 is 4.79 Å². The fourth-order valence-electron chi connectivity index (χ4n) is 3.05. The number of aromatic nitrogens is 2. The molecule has 6 nitrogen and oxygen atoms in total. The number of fused-ring (bicyclic) bond motifs is 1. The van der Waals surface area contributed by atoms with Crippen LogP contribution in [0.25, 0.3) is 15.7 Å². The second-order valence-electron chi connectivity index (χ2n) is 6.35. The van der Waals surface area contributed by atoms with Crippen molar-refractivity contribution in [3.8, 4) is 0 Å². The van der Waals surface area contributed by atoms with Gasteiger partial charge in [0, 0.05) is 10.9 Å². The molecular weight excluding hydrogens is 350 g/mol. The van der Waals surface area contributed by atoms with E-state index in [4.69, 9.17) is 12.3 Å². The van der Waals surface area contributed by atoms with Crippen molar-refractivity contribution in [2.24, 2.45) is 0 Å². The van der Waals surface area contributed by atoms with Crippen molar-refractivity contribution in [3.05, 3.63) is 95.3 Å². The molecular formula is C22H17N5O. The van der Waals surface area contributed by atoms with Crippen molar-refractivity contribution in [3.63, 3.8) is 0 Å². The summed E-state index contributed by atoms with van der Waals surface area (Å²) in [6.07, 6.45) is 0. The molecule has 0 fully saturated rings. The molecule has 3 N–H and O–H groups in total. The number of rotatable bonds is 4. The summed E-state index contributed by atoms with van der Waals surface area (Å²) >= 11 is 0. The lowest BCUT2D eigenvalue weighted by atomic mass is 10.1. The number of anilines is 2. The molecule has 4 rings (SSSR count). The highest BCUT2D eigenvalue weighted by Gasteiger charge is 2.13. The Hall–Kier alpha value is -4.11. The summed E-state index contributed by atoms with van der Waals surface area (Å²) in [4.78, 5) is 15.9. The molecule has 1 aromatic heterocycles. The van der Waals surface area contributed by atoms with Crippen LogP contribution in [0.5, 0.6) is 0 Å². The lowest BCUT2D eigenvalue weighted by Crippen LogP contribution is -2.13. The number of nitrogens with two attached hydrogens (primary N) is 1. The quantitative estimate of drug-likeness (QED) is 0.413. The van der Waals surface area contributed by atoms with Gasteiger partial charge in [-0.1, -0.05) is 49.0 Å². The Kier molecular flexibility index (Phi) is 4.48. The number of benzene rings is 3. The number of nitrogens with zero attached hydrogens (tertiary/aromatic N) is 3. The van der Waals surface area contributed by atoms with Crippen LogP contribution in [0.2, 0.25) is 0 Å². The molecule has 0 unspecified atom stereocenters. The van der Waals surface area contributed by atoms with Crippen LogP contribution in [0.1, 0.15) is 15.9 Å². The standard InChI is InChI=1S/C22H17N5O/c1-24-21-17-6-2-5-9-20(17)27(26-21)14-15-10-12-16(13-11-15)22(28)25-19-8-4-3-7-18(19)23/h2-13H,14,23H2,(H,25,28).